The van der Waals surface area contributed by atoms with Gasteiger partial charge in [-0.15, -0.1) is 0 Å². The largest absolute Gasteiger partial charge is 0.507 e. The van der Waals surface area contributed by atoms with Crippen molar-refractivity contribution in [2.45, 2.75) is 17.4 Å². The Bertz CT molecular complexity index is 1610. The lowest BCUT2D eigenvalue weighted by Crippen LogP contribution is -2.31. The maximum atomic E-state index is 13.2. The summed E-state index contributed by atoms with van der Waals surface area (Å²) in [5.74, 6) is -1.92. The summed E-state index contributed by atoms with van der Waals surface area (Å²) in [5, 5.41) is 17.3. The second kappa shape index (κ2) is 9.06. The number of nitrogens with zero attached hydrogens (tertiary/aromatic N) is 2. The predicted molar refractivity (Wildman–Crippen MR) is 133 cm³/mol. The third kappa shape index (κ3) is 4.16. The number of fused-ring (bicyclic) bond motifs is 1. The zero-order valence-corrected chi connectivity index (χ0v) is 19.8. The van der Waals surface area contributed by atoms with Crippen LogP contribution >= 0.6 is 0 Å². The van der Waals surface area contributed by atoms with Gasteiger partial charge in [0.05, 0.1) is 16.5 Å². The molecule has 0 aliphatic carbocycles. The average molecular weight is 503 g/mol. The summed E-state index contributed by atoms with van der Waals surface area (Å²) in [6, 6.07) is 15.6. The number of aliphatic hydroxyl groups is 1. The van der Waals surface area contributed by atoms with Crippen LogP contribution < -0.4 is 5.14 Å². The molecule has 1 aliphatic heterocycles. The van der Waals surface area contributed by atoms with Crippen LogP contribution in [0, 0.1) is 0 Å². The van der Waals surface area contributed by atoms with Crippen molar-refractivity contribution < 1.29 is 23.1 Å². The molecule has 0 spiro atoms. The van der Waals surface area contributed by atoms with E-state index < -0.39 is 27.8 Å². The first-order chi connectivity index (χ1) is 17.3. The lowest BCUT2D eigenvalue weighted by molar-refractivity contribution is -0.139. The van der Waals surface area contributed by atoms with Crippen LogP contribution in [0.2, 0.25) is 0 Å². The topological polar surface area (TPSA) is 146 Å². The van der Waals surface area contributed by atoms with Crippen molar-refractivity contribution in [3.8, 4) is 0 Å². The molecule has 9 nitrogen and oxygen atoms in total. The molecule has 1 amide bonds. The number of aliphatic hydroxyl groups excluding tert-OH is 1. The zero-order valence-electron chi connectivity index (χ0n) is 19.0. The van der Waals surface area contributed by atoms with Gasteiger partial charge in [0.25, 0.3) is 11.7 Å². The molecule has 3 heterocycles. The van der Waals surface area contributed by atoms with E-state index in [0.717, 1.165) is 16.5 Å². The van der Waals surface area contributed by atoms with Gasteiger partial charge in [0.1, 0.15) is 5.76 Å². The van der Waals surface area contributed by atoms with Gasteiger partial charge in [-0.3, -0.25) is 14.6 Å². The summed E-state index contributed by atoms with van der Waals surface area (Å²) in [6.07, 6.45) is 5.25. The quantitative estimate of drug-likeness (QED) is 0.210. The molecule has 10 heteroatoms. The van der Waals surface area contributed by atoms with Gasteiger partial charge in [-0.2, -0.15) is 0 Å². The molecule has 2 aromatic heterocycles. The number of nitrogens with two attached hydrogens (primary N) is 1. The van der Waals surface area contributed by atoms with E-state index in [0.29, 0.717) is 17.5 Å². The van der Waals surface area contributed by atoms with Crippen molar-refractivity contribution >= 4 is 38.4 Å². The number of ketones is 1. The minimum Gasteiger partial charge on any atom is -0.507 e. The number of primary sulfonamides is 1. The number of aromatic amines is 1. The number of hydrogen-bond acceptors (Lipinski definition) is 6. The molecule has 5 rings (SSSR count). The second-order valence-corrected chi connectivity index (χ2v) is 10.0. The number of benzene rings is 2. The van der Waals surface area contributed by atoms with E-state index in [2.05, 4.69) is 9.97 Å². The Labute approximate surface area is 206 Å². The van der Waals surface area contributed by atoms with E-state index in [1.165, 1.54) is 41.6 Å². The lowest BCUT2D eigenvalue weighted by Gasteiger charge is -2.25. The molecule has 1 fully saturated rings. The Hall–Kier alpha value is -4.28. The number of Topliss-reactive ketones (excluding diaryl/α,β-unsaturated/α-hetero) is 1. The van der Waals surface area contributed by atoms with Gasteiger partial charge in [-0.25, -0.2) is 13.6 Å². The Morgan fingerprint density at radius 2 is 1.81 bits per heavy atom. The average Bonchev–Trinajstić information content (AvgIpc) is 3.41. The summed E-state index contributed by atoms with van der Waals surface area (Å²) in [5.41, 5.74) is 2.60. The fourth-order valence-corrected chi connectivity index (χ4v) is 5.05. The standard InChI is InChI=1S/C26H22N4O5S/c27-36(34,35)19-9-7-16(8-10-19)23-22(24(31)18-4-3-12-28-14-18)25(32)26(33)30(23)13-11-17-15-29-21-6-2-1-5-20(17)21/h1-10,12,14-15,23,29,31H,11,13H2,(H2,27,34,35). The second-order valence-electron chi connectivity index (χ2n) is 8.46. The van der Waals surface area contributed by atoms with Gasteiger partial charge in [0.15, 0.2) is 0 Å². The maximum Gasteiger partial charge on any atom is 0.295 e. The fraction of sp³-hybridized carbons (Fsp3) is 0.115. The molecule has 1 atom stereocenters. The molecule has 4 N–H and O–H groups in total. The van der Waals surface area contributed by atoms with Gasteiger partial charge < -0.3 is 15.0 Å². The number of amides is 1. The third-order valence-electron chi connectivity index (χ3n) is 6.30. The molecule has 0 radical (unpaired) electrons. The molecule has 1 saturated heterocycles. The molecule has 1 aliphatic rings. The van der Waals surface area contributed by atoms with Crippen molar-refractivity contribution in [2.24, 2.45) is 5.14 Å². The van der Waals surface area contributed by atoms with Gasteiger partial charge in [0, 0.05) is 41.6 Å². The van der Waals surface area contributed by atoms with Crippen LogP contribution in [0.5, 0.6) is 0 Å². The van der Waals surface area contributed by atoms with Crippen molar-refractivity contribution in [3.05, 3.63) is 102 Å². The Balaban J connectivity index is 1.58. The van der Waals surface area contributed by atoms with Crippen molar-refractivity contribution in [3.63, 3.8) is 0 Å². The summed E-state index contributed by atoms with van der Waals surface area (Å²) in [4.78, 5) is 34.8. The van der Waals surface area contributed by atoms with Gasteiger partial charge in [-0.1, -0.05) is 30.3 Å². The van der Waals surface area contributed by atoms with E-state index in [1.807, 2.05) is 30.5 Å². The van der Waals surface area contributed by atoms with E-state index in [1.54, 1.807) is 12.1 Å². The van der Waals surface area contributed by atoms with E-state index in [9.17, 15) is 23.1 Å². The maximum absolute atomic E-state index is 13.2. The van der Waals surface area contributed by atoms with Gasteiger partial charge in [-0.05, 0) is 47.9 Å². The number of H-pyrrole nitrogens is 1. The first-order valence-corrected chi connectivity index (χ1v) is 12.7. The van der Waals surface area contributed by atoms with E-state index in [4.69, 9.17) is 5.14 Å². The number of sulfonamides is 1. The molecule has 36 heavy (non-hydrogen) atoms. The SMILES string of the molecule is NS(=O)(=O)c1ccc(C2C(=C(O)c3cccnc3)C(=O)C(=O)N2CCc2c[nH]c3ccccc23)cc1. The van der Waals surface area contributed by atoms with Crippen LogP contribution in [-0.4, -0.2) is 46.6 Å². The highest BCUT2D eigenvalue weighted by Gasteiger charge is 2.46. The highest BCUT2D eigenvalue weighted by molar-refractivity contribution is 7.89. The van der Waals surface area contributed by atoms with Crippen LogP contribution in [0.1, 0.15) is 22.7 Å². The number of pyridine rings is 1. The molecule has 1 unspecified atom stereocenters. The molecular weight excluding hydrogens is 480 g/mol. The van der Waals surface area contributed by atoms with Gasteiger partial charge in [0.2, 0.25) is 10.0 Å². The zero-order chi connectivity index (χ0) is 25.4. The first-order valence-electron chi connectivity index (χ1n) is 11.1. The minimum atomic E-state index is -3.93. The third-order valence-corrected chi connectivity index (χ3v) is 7.23. The van der Waals surface area contributed by atoms with E-state index in [-0.39, 0.29) is 22.8 Å². The molecule has 2 aromatic carbocycles. The minimum absolute atomic E-state index is 0.0877. The fourth-order valence-electron chi connectivity index (χ4n) is 4.53. The molecule has 4 aromatic rings. The summed E-state index contributed by atoms with van der Waals surface area (Å²) < 4.78 is 23.5. The molecule has 0 bridgehead atoms. The highest BCUT2D eigenvalue weighted by atomic mass is 32.2. The van der Waals surface area contributed by atoms with Crippen LogP contribution in [0.15, 0.2) is 89.7 Å². The van der Waals surface area contributed by atoms with Crippen LogP contribution in [0.4, 0.5) is 0 Å². The number of carbonyl (C=O) groups excluding carboxylic acids is 2. The Morgan fingerprint density at radius 1 is 1.06 bits per heavy atom. The molecule has 182 valence electrons. The number of para-hydroxylation sites is 1. The smallest absolute Gasteiger partial charge is 0.295 e. The lowest BCUT2D eigenvalue weighted by atomic mass is 9.95. The Kier molecular flexibility index (Phi) is 5.91. The number of nitrogens with one attached hydrogen (secondary N) is 1. The normalized spacial score (nSPS) is 17.7. The molecular formula is C26H22N4O5S. The number of likely N-dealkylation sites (tertiary alicyclic amines) is 1. The van der Waals surface area contributed by atoms with Crippen LogP contribution in [0.25, 0.3) is 16.7 Å². The van der Waals surface area contributed by atoms with Crippen molar-refractivity contribution in [1.29, 1.82) is 0 Å². The summed E-state index contributed by atoms with van der Waals surface area (Å²) in [7, 11) is -3.93. The molecule has 0 saturated carbocycles. The van der Waals surface area contributed by atoms with Crippen molar-refractivity contribution in [1.82, 2.24) is 14.9 Å². The predicted octanol–water partition coefficient (Wildman–Crippen LogP) is 2.87. The summed E-state index contributed by atoms with van der Waals surface area (Å²) in [6.45, 7) is 0.192. The Morgan fingerprint density at radius 3 is 2.50 bits per heavy atom. The number of hydrogen-bond donors (Lipinski definition) is 3. The highest BCUT2D eigenvalue weighted by Crippen LogP contribution is 2.39. The monoisotopic (exact) mass is 502 g/mol. The summed E-state index contributed by atoms with van der Waals surface area (Å²) >= 11 is 0. The number of carbonyl (C=O) groups is 2. The first kappa shape index (κ1) is 23.5. The van der Waals surface area contributed by atoms with Gasteiger partial charge >= 0.3 is 0 Å². The number of aromatic nitrogens is 2. The number of rotatable bonds is 6. The van der Waals surface area contributed by atoms with Crippen LogP contribution in [0.3, 0.4) is 0 Å². The van der Waals surface area contributed by atoms with Crippen LogP contribution in [-0.2, 0) is 26.0 Å². The van der Waals surface area contributed by atoms with Crippen molar-refractivity contribution in [2.75, 3.05) is 6.54 Å². The van der Waals surface area contributed by atoms with E-state index >= 15 is 0 Å².